The van der Waals surface area contributed by atoms with E-state index in [1.54, 1.807) is 0 Å². The zero-order chi connectivity index (χ0) is 9.26. The lowest BCUT2D eigenvalue weighted by Crippen LogP contribution is -2.14. The lowest BCUT2D eigenvalue weighted by atomic mass is 10.0. The Morgan fingerprint density at radius 3 is 3.00 bits per heavy atom. The smallest absolute Gasteiger partial charge is 0.123 e. The van der Waals surface area contributed by atoms with Crippen LogP contribution in [0.2, 0.25) is 0 Å². The largest absolute Gasteiger partial charge is 0.384 e. The van der Waals surface area contributed by atoms with Gasteiger partial charge >= 0.3 is 0 Å². The average molecular weight is 177 g/mol. The van der Waals surface area contributed by atoms with E-state index in [2.05, 4.69) is 16.4 Å². The highest BCUT2D eigenvalue weighted by molar-refractivity contribution is 5.35. The van der Waals surface area contributed by atoms with E-state index in [4.69, 9.17) is 5.73 Å². The quantitative estimate of drug-likeness (QED) is 0.681. The van der Waals surface area contributed by atoms with E-state index < -0.39 is 0 Å². The summed E-state index contributed by atoms with van der Waals surface area (Å²) in [6.07, 6.45) is 2.47. The van der Waals surface area contributed by atoms with Gasteiger partial charge in [0, 0.05) is 11.7 Å². The van der Waals surface area contributed by atoms with E-state index in [0.29, 0.717) is 11.9 Å². The van der Waals surface area contributed by atoms with Crippen LogP contribution < -0.4 is 11.1 Å². The van der Waals surface area contributed by atoms with Crippen molar-refractivity contribution in [3.63, 3.8) is 0 Å². The van der Waals surface area contributed by atoms with Gasteiger partial charge in [-0.15, -0.1) is 0 Å². The summed E-state index contributed by atoms with van der Waals surface area (Å²) in [5.41, 5.74) is 7.95. The Labute approximate surface area is 78.4 Å². The lowest BCUT2D eigenvalue weighted by molar-refractivity contribution is 0.640. The minimum absolute atomic E-state index is 0.494. The average Bonchev–Trinajstić information content (AvgIpc) is 2.56. The molecule has 0 bridgehead atoms. The first-order valence-corrected chi connectivity index (χ1v) is 4.74. The number of pyridine rings is 1. The maximum atomic E-state index is 5.59. The van der Waals surface area contributed by atoms with E-state index >= 15 is 0 Å². The summed E-state index contributed by atoms with van der Waals surface area (Å²) < 4.78 is 0. The third kappa shape index (κ3) is 1.65. The van der Waals surface area contributed by atoms with Gasteiger partial charge in [0.2, 0.25) is 0 Å². The molecule has 1 aliphatic rings. The summed E-state index contributed by atoms with van der Waals surface area (Å²) in [6, 6.07) is 4.45. The molecule has 70 valence electrons. The predicted octanol–water partition coefficient (Wildman–Crippen LogP) is 1.40. The number of rotatable bonds is 1. The number of hydrogen-bond donors (Lipinski definition) is 2. The third-order valence-corrected chi connectivity index (χ3v) is 2.58. The minimum Gasteiger partial charge on any atom is -0.384 e. The number of aryl methyl sites for hydroxylation is 1. The Morgan fingerprint density at radius 2 is 2.38 bits per heavy atom. The van der Waals surface area contributed by atoms with E-state index in [1.165, 1.54) is 18.4 Å². The van der Waals surface area contributed by atoms with Crippen molar-refractivity contribution in [2.45, 2.75) is 25.8 Å². The molecule has 0 saturated carbocycles. The molecular weight excluding hydrogens is 162 g/mol. The van der Waals surface area contributed by atoms with Crippen molar-refractivity contribution in [1.29, 1.82) is 0 Å². The van der Waals surface area contributed by atoms with Gasteiger partial charge in [-0.05, 0) is 37.9 Å². The fourth-order valence-electron chi connectivity index (χ4n) is 1.91. The van der Waals surface area contributed by atoms with Crippen LogP contribution in [0.25, 0.3) is 0 Å². The number of hydrogen-bond acceptors (Lipinski definition) is 3. The highest BCUT2D eigenvalue weighted by Gasteiger charge is 2.18. The molecule has 0 unspecified atom stereocenters. The summed E-state index contributed by atoms with van der Waals surface area (Å²) in [7, 11) is 0. The molecule has 0 aliphatic carbocycles. The van der Waals surface area contributed by atoms with Gasteiger partial charge in [0.05, 0.1) is 0 Å². The molecule has 0 radical (unpaired) electrons. The predicted molar refractivity (Wildman–Crippen MR) is 53.4 cm³/mol. The van der Waals surface area contributed by atoms with Crippen LogP contribution in [-0.4, -0.2) is 11.5 Å². The fraction of sp³-hybridized carbons (Fsp3) is 0.500. The van der Waals surface area contributed by atoms with Gasteiger partial charge in [-0.2, -0.15) is 0 Å². The molecule has 1 aromatic rings. The van der Waals surface area contributed by atoms with Gasteiger partial charge < -0.3 is 11.1 Å². The van der Waals surface area contributed by atoms with Crippen molar-refractivity contribution < 1.29 is 0 Å². The minimum atomic E-state index is 0.494. The van der Waals surface area contributed by atoms with Crippen LogP contribution in [0.1, 0.15) is 30.1 Å². The van der Waals surface area contributed by atoms with Crippen molar-refractivity contribution in [3.05, 3.63) is 23.4 Å². The highest BCUT2D eigenvalue weighted by Crippen LogP contribution is 2.25. The number of nitrogens with two attached hydrogens (primary N) is 1. The van der Waals surface area contributed by atoms with E-state index in [0.717, 1.165) is 12.2 Å². The maximum Gasteiger partial charge on any atom is 0.123 e. The topological polar surface area (TPSA) is 50.9 Å². The molecular formula is C10H15N3. The number of nitrogens with one attached hydrogen (secondary N) is 1. The van der Waals surface area contributed by atoms with Crippen molar-refractivity contribution in [1.82, 2.24) is 10.3 Å². The fourth-order valence-corrected chi connectivity index (χ4v) is 1.91. The van der Waals surface area contributed by atoms with E-state index in [-0.39, 0.29) is 0 Å². The Kier molecular flexibility index (Phi) is 2.19. The first kappa shape index (κ1) is 8.51. The van der Waals surface area contributed by atoms with Crippen LogP contribution in [0.3, 0.4) is 0 Å². The third-order valence-electron chi connectivity index (χ3n) is 2.58. The molecule has 1 atom stereocenters. The Morgan fingerprint density at radius 1 is 1.54 bits per heavy atom. The second-order valence-corrected chi connectivity index (χ2v) is 3.56. The van der Waals surface area contributed by atoms with Crippen LogP contribution in [-0.2, 0) is 0 Å². The molecule has 0 amide bonds. The Bertz CT molecular complexity index is 303. The summed E-state index contributed by atoms with van der Waals surface area (Å²) in [5, 5.41) is 3.45. The number of aromatic nitrogens is 1. The van der Waals surface area contributed by atoms with Crippen LogP contribution in [0.15, 0.2) is 12.1 Å². The summed E-state index contributed by atoms with van der Waals surface area (Å²) >= 11 is 0. The molecule has 2 rings (SSSR count). The van der Waals surface area contributed by atoms with Crippen molar-refractivity contribution >= 4 is 5.82 Å². The van der Waals surface area contributed by atoms with Gasteiger partial charge in [-0.3, -0.25) is 0 Å². The summed E-state index contributed by atoms with van der Waals surface area (Å²) in [5.74, 6) is 0.610. The van der Waals surface area contributed by atoms with Crippen LogP contribution in [0.4, 0.5) is 5.82 Å². The molecule has 3 heteroatoms. The lowest BCUT2D eigenvalue weighted by Gasteiger charge is -2.12. The monoisotopic (exact) mass is 177 g/mol. The first-order valence-electron chi connectivity index (χ1n) is 4.74. The van der Waals surface area contributed by atoms with Crippen LogP contribution >= 0.6 is 0 Å². The normalized spacial score (nSPS) is 22.1. The Balaban J connectivity index is 2.29. The van der Waals surface area contributed by atoms with Crippen LogP contribution in [0, 0.1) is 6.92 Å². The van der Waals surface area contributed by atoms with Gasteiger partial charge in [0.1, 0.15) is 5.82 Å². The van der Waals surface area contributed by atoms with Gasteiger partial charge in [0.15, 0.2) is 0 Å². The summed E-state index contributed by atoms with van der Waals surface area (Å²) in [4.78, 5) is 4.26. The molecule has 2 heterocycles. The Hall–Kier alpha value is -1.09. The van der Waals surface area contributed by atoms with E-state index in [1.807, 2.05) is 13.0 Å². The van der Waals surface area contributed by atoms with Gasteiger partial charge in [-0.1, -0.05) is 6.07 Å². The van der Waals surface area contributed by atoms with Crippen LogP contribution in [0.5, 0.6) is 0 Å². The zero-order valence-corrected chi connectivity index (χ0v) is 7.88. The molecule has 1 aliphatic heterocycles. The molecule has 1 fully saturated rings. The van der Waals surface area contributed by atoms with Gasteiger partial charge in [0.25, 0.3) is 0 Å². The zero-order valence-electron chi connectivity index (χ0n) is 7.88. The molecule has 1 saturated heterocycles. The second kappa shape index (κ2) is 3.34. The number of anilines is 1. The number of nitrogen functional groups attached to an aromatic ring is 1. The maximum absolute atomic E-state index is 5.59. The van der Waals surface area contributed by atoms with E-state index in [9.17, 15) is 0 Å². The first-order chi connectivity index (χ1) is 6.27. The number of nitrogens with zero attached hydrogens (tertiary/aromatic N) is 1. The summed E-state index contributed by atoms with van der Waals surface area (Å²) in [6.45, 7) is 3.14. The van der Waals surface area contributed by atoms with Crippen molar-refractivity contribution in [2.24, 2.45) is 0 Å². The second-order valence-electron chi connectivity index (χ2n) is 3.56. The SMILES string of the molecule is Cc1nc(N)ccc1[C@@H]1CCCN1. The molecule has 13 heavy (non-hydrogen) atoms. The molecule has 0 spiro atoms. The standard InChI is InChI=1S/C10H15N3/c1-7-8(4-5-10(11)13-7)9-3-2-6-12-9/h4-5,9,12H,2-3,6H2,1H3,(H2,11,13)/t9-/m0/s1. The highest BCUT2D eigenvalue weighted by atomic mass is 14.9. The molecule has 3 nitrogen and oxygen atoms in total. The molecule has 1 aromatic heterocycles. The molecule has 3 N–H and O–H groups in total. The molecule has 0 aromatic carbocycles. The van der Waals surface area contributed by atoms with Crippen molar-refractivity contribution in [2.75, 3.05) is 12.3 Å². The van der Waals surface area contributed by atoms with Crippen molar-refractivity contribution in [3.8, 4) is 0 Å². The van der Waals surface area contributed by atoms with Gasteiger partial charge in [-0.25, -0.2) is 4.98 Å².